The number of carbonyl (C=O) groups excluding carboxylic acids is 1. The van der Waals surface area contributed by atoms with Gasteiger partial charge in [-0.3, -0.25) is 4.79 Å². The number of ether oxygens (including phenoxy) is 1. The molecule has 1 aliphatic rings. The van der Waals surface area contributed by atoms with E-state index in [1.165, 1.54) is 0 Å². The number of nitrogens with two attached hydrogens (primary N) is 1. The summed E-state index contributed by atoms with van der Waals surface area (Å²) in [5.41, 5.74) is 5.18. The third-order valence-electron chi connectivity index (χ3n) is 2.24. The Morgan fingerprint density at radius 2 is 2.23 bits per heavy atom. The Bertz CT molecular complexity index is 198. The van der Waals surface area contributed by atoms with Crippen LogP contribution in [-0.2, 0) is 9.53 Å². The molecule has 0 atom stereocenters. The Morgan fingerprint density at radius 1 is 1.62 bits per heavy atom. The van der Waals surface area contributed by atoms with E-state index in [0.29, 0.717) is 32.6 Å². The van der Waals surface area contributed by atoms with Crippen LogP contribution in [0.1, 0.15) is 12.8 Å². The molecule has 1 saturated heterocycles. The van der Waals surface area contributed by atoms with E-state index in [9.17, 15) is 4.79 Å². The fourth-order valence-electron chi connectivity index (χ4n) is 1.30. The summed E-state index contributed by atoms with van der Waals surface area (Å²) in [5, 5.41) is 2.70. The van der Waals surface area contributed by atoms with Gasteiger partial charge < -0.3 is 15.8 Å². The van der Waals surface area contributed by atoms with E-state index >= 15 is 0 Å². The molecule has 0 bridgehead atoms. The predicted octanol–water partition coefficient (Wildman–Crippen LogP) is -0.204. The molecule has 1 rings (SSSR count). The first-order chi connectivity index (χ1) is 6.19. The molecule has 1 fully saturated rings. The third kappa shape index (κ3) is 2.54. The summed E-state index contributed by atoms with van der Waals surface area (Å²) in [6, 6.07) is 0. The second-order valence-electron chi connectivity index (χ2n) is 3.27. The quantitative estimate of drug-likeness (QED) is 0.597. The maximum atomic E-state index is 11.5. The van der Waals surface area contributed by atoms with Crippen molar-refractivity contribution >= 4 is 5.91 Å². The summed E-state index contributed by atoms with van der Waals surface area (Å²) in [6.07, 6.45) is 2.83. The Balaban J connectivity index is 2.46. The van der Waals surface area contributed by atoms with Gasteiger partial charge in [0.2, 0.25) is 5.91 Å². The van der Waals surface area contributed by atoms with Gasteiger partial charge in [-0.1, -0.05) is 6.08 Å². The molecule has 4 heteroatoms. The average molecular weight is 184 g/mol. The molecule has 1 aliphatic heterocycles. The fraction of sp³-hybridized carbons (Fsp3) is 0.667. The summed E-state index contributed by atoms with van der Waals surface area (Å²) in [4.78, 5) is 11.5. The van der Waals surface area contributed by atoms with Gasteiger partial charge in [-0.15, -0.1) is 6.58 Å². The van der Waals surface area contributed by atoms with Gasteiger partial charge in [0.15, 0.2) is 0 Å². The van der Waals surface area contributed by atoms with E-state index in [0.717, 1.165) is 0 Å². The highest BCUT2D eigenvalue weighted by Crippen LogP contribution is 2.17. The molecule has 0 spiro atoms. The number of rotatable bonds is 3. The average Bonchev–Trinajstić information content (AvgIpc) is 2.15. The monoisotopic (exact) mass is 184 g/mol. The van der Waals surface area contributed by atoms with E-state index in [2.05, 4.69) is 11.9 Å². The Kier molecular flexibility index (Phi) is 3.45. The topological polar surface area (TPSA) is 64.4 Å². The molecule has 0 aliphatic carbocycles. The van der Waals surface area contributed by atoms with Gasteiger partial charge >= 0.3 is 0 Å². The molecular formula is C9H16N2O2. The van der Waals surface area contributed by atoms with Crippen LogP contribution >= 0.6 is 0 Å². The Hall–Kier alpha value is -0.870. The highest BCUT2D eigenvalue weighted by atomic mass is 16.5. The molecule has 0 saturated carbocycles. The highest BCUT2D eigenvalue weighted by molar-refractivity contribution is 5.86. The lowest BCUT2D eigenvalue weighted by molar-refractivity contribution is -0.129. The predicted molar refractivity (Wildman–Crippen MR) is 50.2 cm³/mol. The van der Waals surface area contributed by atoms with E-state index in [1.54, 1.807) is 6.08 Å². The van der Waals surface area contributed by atoms with Crippen molar-refractivity contribution < 1.29 is 9.53 Å². The Morgan fingerprint density at radius 3 is 2.77 bits per heavy atom. The molecule has 0 aromatic heterocycles. The van der Waals surface area contributed by atoms with Crippen molar-refractivity contribution in [3.05, 3.63) is 12.7 Å². The smallest absolute Gasteiger partial charge is 0.240 e. The van der Waals surface area contributed by atoms with Gasteiger partial charge in [-0.2, -0.15) is 0 Å². The summed E-state index contributed by atoms with van der Waals surface area (Å²) < 4.78 is 5.14. The normalized spacial score (nSPS) is 20.7. The molecule has 0 aromatic carbocycles. The molecule has 13 heavy (non-hydrogen) atoms. The van der Waals surface area contributed by atoms with Crippen molar-refractivity contribution in [1.82, 2.24) is 5.32 Å². The largest absolute Gasteiger partial charge is 0.381 e. The molecule has 0 aromatic rings. The summed E-state index contributed by atoms with van der Waals surface area (Å²) in [6.45, 7) is 5.13. The van der Waals surface area contributed by atoms with Crippen LogP contribution in [0.3, 0.4) is 0 Å². The van der Waals surface area contributed by atoms with Crippen LogP contribution in [0.2, 0.25) is 0 Å². The van der Waals surface area contributed by atoms with Crippen molar-refractivity contribution in [2.24, 2.45) is 5.73 Å². The SMILES string of the molecule is C=CCNC(=O)C1(N)CCOCC1. The van der Waals surface area contributed by atoms with Gasteiger partial charge in [-0.25, -0.2) is 0 Å². The van der Waals surface area contributed by atoms with Gasteiger partial charge in [0.1, 0.15) is 0 Å². The number of amides is 1. The second-order valence-corrected chi connectivity index (χ2v) is 3.27. The minimum Gasteiger partial charge on any atom is -0.381 e. The van der Waals surface area contributed by atoms with Crippen LogP contribution in [0.4, 0.5) is 0 Å². The zero-order valence-corrected chi connectivity index (χ0v) is 7.71. The van der Waals surface area contributed by atoms with Crippen LogP contribution in [-0.4, -0.2) is 31.2 Å². The van der Waals surface area contributed by atoms with Crippen LogP contribution in [0.15, 0.2) is 12.7 Å². The van der Waals surface area contributed by atoms with Gasteiger partial charge in [0.25, 0.3) is 0 Å². The molecular weight excluding hydrogens is 168 g/mol. The highest BCUT2D eigenvalue weighted by Gasteiger charge is 2.35. The maximum absolute atomic E-state index is 11.5. The lowest BCUT2D eigenvalue weighted by atomic mass is 9.90. The molecule has 74 valence electrons. The van der Waals surface area contributed by atoms with Crippen molar-refractivity contribution in [1.29, 1.82) is 0 Å². The first kappa shape index (κ1) is 10.2. The zero-order chi connectivity index (χ0) is 9.73. The first-order valence-corrected chi connectivity index (χ1v) is 4.45. The van der Waals surface area contributed by atoms with Gasteiger partial charge in [-0.05, 0) is 12.8 Å². The molecule has 0 unspecified atom stereocenters. The van der Waals surface area contributed by atoms with Crippen LogP contribution in [0.25, 0.3) is 0 Å². The van der Waals surface area contributed by atoms with E-state index in [-0.39, 0.29) is 5.91 Å². The Labute approximate surface area is 78.1 Å². The van der Waals surface area contributed by atoms with Crippen molar-refractivity contribution in [2.75, 3.05) is 19.8 Å². The van der Waals surface area contributed by atoms with Gasteiger partial charge in [0.05, 0.1) is 5.54 Å². The second kappa shape index (κ2) is 4.39. The standard InChI is InChI=1S/C9H16N2O2/c1-2-5-11-8(12)9(10)3-6-13-7-4-9/h2H,1,3-7,10H2,(H,11,12). The van der Waals surface area contributed by atoms with Gasteiger partial charge in [0, 0.05) is 19.8 Å². The number of nitrogens with one attached hydrogen (secondary N) is 1. The summed E-state index contributed by atoms with van der Waals surface area (Å²) in [7, 11) is 0. The zero-order valence-electron chi connectivity index (χ0n) is 7.71. The first-order valence-electron chi connectivity index (χ1n) is 4.45. The number of carbonyl (C=O) groups is 1. The third-order valence-corrected chi connectivity index (χ3v) is 2.24. The molecule has 3 N–H and O–H groups in total. The minimum atomic E-state index is -0.735. The van der Waals surface area contributed by atoms with E-state index in [1.807, 2.05) is 0 Å². The number of hydrogen-bond donors (Lipinski definition) is 2. The summed E-state index contributed by atoms with van der Waals surface area (Å²) >= 11 is 0. The van der Waals surface area contributed by atoms with Crippen LogP contribution in [0.5, 0.6) is 0 Å². The lowest BCUT2D eigenvalue weighted by Crippen LogP contribution is -2.56. The van der Waals surface area contributed by atoms with Crippen molar-refractivity contribution in [2.45, 2.75) is 18.4 Å². The van der Waals surface area contributed by atoms with E-state index in [4.69, 9.17) is 10.5 Å². The fourth-order valence-corrected chi connectivity index (χ4v) is 1.30. The lowest BCUT2D eigenvalue weighted by Gasteiger charge is -2.31. The molecule has 1 amide bonds. The number of hydrogen-bond acceptors (Lipinski definition) is 3. The summed E-state index contributed by atoms with van der Waals surface area (Å²) in [5.74, 6) is -0.101. The molecule has 1 heterocycles. The molecule has 0 radical (unpaired) electrons. The minimum absolute atomic E-state index is 0.101. The van der Waals surface area contributed by atoms with E-state index < -0.39 is 5.54 Å². The van der Waals surface area contributed by atoms with Crippen LogP contribution in [0, 0.1) is 0 Å². The van der Waals surface area contributed by atoms with Crippen LogP contribution < -0.4 is 11.1 Å². The van der Waals surface area contributed by atoms with Crippen molar-refractivity contribution in [3.63, 3.8) is 0 Å². The molecule has 4 nitrogen and oxygen atoms in total. The maximum Gasteiger partial charge on any atom is 0.240 e. The van der Waals surface area contributed by atoms with Crippen molar-refractivity contribution in [3.8, 4) is 0 Å².